The van der Waals surface area contributed by atoms with Crippen molar-refractivity contribution in [2.24, 2.45) is 0 Å². The molecule has 1 atom stereocenters. The van der Waals surface area contributed by atoms with E-state index in [-0.39, 0.29) is 31.4 Å². The fourth-order valence-corrected chi connectivity index (χ4v) is 4.39. The quantitative estimate of drug-likeness (QED) is 0.382. The van der Waals surface area contributed by atoms with Crippen LogP contribution in [-0.2, 0) is 14.4 Å². The summed E-state index contributed by atoms with van der Waals surface area (Å²) in [5, 5.41) is 13.8. The highest BCUT2D eigenvalue weighted by Gasteiger charge is 2.23. The number of fused-ring (bicyclic) bond motifs is 1. The lowest BCUT2D eigenvalue weighted by molar-refractivity contribution is -0.138. The molecule has 0 aliphatic carbocycles. The van der Waals surface area contributed by atoms with Crippen LogP contribution >= 0.6 is 11.8 Å². The fraction of sp³-hybridized carbons (Fsp3) is 0.160. The first-order chi connectivity index (χ1) is 16.5. The lowest BCUT2D eigenvalue weighted by Gasteiger charge is -2.18. The number of thioether (sulfide) groups is 1. The van der Waals surface area contributed by atoms with Gasteiger partial charge in [-0.1, -0.05) is 36.4 Å². The first kappa shape index (κ1) is 23.2. The lowest BCUT2D eigenvalue weighted by Crippen LogP contribution is -2.19. The van der Waals surface area contributed by atoms with Gasteiger partial charge in [-0.15, -0.1) is 11.8 Å². The van der Waals surface area contributed by atoms with Crippen molar-refractivity contribution < 1.29 is 29.0 Å². The van der Waals surface area contributed by atoms with Gasteiger partial charge in [-0.05, 0) is 35.9 Å². The molecular weight excluding hydrogens is 456 g/mol. The number of anilines is 2. The van der Waals surface area contributed by atoms with E-state index in [1.807, 2.05) is 36.4 Å². The summed E-state index contributed by atoms with van der Waals surface area (Å²) in [5.74, 6) is -0.420. The second-order valence-corrected chi connectivity index (χ2v) is 8.61. The zero-order valence-corrected chi connectivity index (χ0v) is 18.8. The first-order valence-electron chi connectivity index (χ1n) is 10.5. The van der Waals surface area contributed by atoms with Crippen LogP contribution in [0.4, 0.5) is 11.4 Å². The second kappa shape index (κ2) is 10.8. The van der Waals surface area contributed by atoms with Crippen molar-refractivity contribution in [3.63, 3.8) is 0 Å². The van der Waals surface area contributed by atoms with Crippen molar-refractivity contribution >= 4 is 40.9 Å². The molecule has 0 radical (unpaired) electrons. The molecule has 1 aliphatic heterocycles. The third-order valence-electron chi connectivity index (χ3n) is 4.92. The maximum absolute atomic E-state index is 13.3. The SMILES string of the molecule is O=C(O)CCC(=O)Nc1cccc(SC(C(=O)Nc2ccc3c(c2)OCO3)c2ccccc2)c1. The van der Waals surface area contributed by atoms with Crippen LogP contribution in [0.15, 0.2) is 77.7 Å². The highest BCUT2D eigenvalue weighted by Crippen LogP contribution is 2.38. The Morgan fingerprint density at radius 2 is 1.62 bits per heavy atom. The van der Waals surface area contributed by atoms with Gasteiger partial charge in [-0.3, -0.25) is 14.4 Å². The van der Waals surface area contributed by atoms with Crippen LogP contribution in [0.3, 0.4) is 0 Å². The number of aliphatic carboxylic acids is 1. The Morgan fingerprint density at radius 1 is 0.853 bits per heavy atom. The highest BCUT2D eigenvalue weighted by atomic mass is 32.2. The third-order valence-corrected chi connectivity index (χ3v) is 6.17. The molecule has 0 spiro atoms. The number of hydrogen-bond acceptors (Lipinski definition) is 6. The molecule has 1 unspecified atom stereocenters. The minimum atomic E-state index is -1.03. The summed E-state index contributed by atoms with van der Waals surface area (Å²) in [6.45, 7) is 0.151. The molecule has 0 saturated heterocycles. The van der Waals surface area contributed by atoms with E-state index in [2.05, 4.69) is 10.6 Å². The maximum Gasteiger partial charge on any atom is 0.303 e. The lowest BCUT2D eigenvalue weighted by atomic mass is 10.1. The van der Waals surface area contributed by atoms with Gasteiger partial charge in [0.25, 0.3) is 0 Å². The van der Waals surface area contributed by atoms with E-state index in [0.29, 0.717) is 22.9 Å². The summed E-state index contributed by atoms with van der Waals surface area (Å²) in [7, 11) is 0. The summed E-state index contributed by atoms with van der Waals surface area (Å²) >= 11 is 1.34. The topological polar surface area (TPSA) is 114 Å². The van der Waals surface area contributed by atoms with Crippen molar-refractivity contribution in [2.75, 3.05) is 17.4 Å². The van der Waals surface area contributed by atoms with Gasteiger partial charge in [0.15, 0.2) is 11.5 Å². The van der Waals surface area contributed by atoms with Crippen LogP contribution in [0.5, 0.6) is 11.5 Å². The Labute approximate surface area is 200 Å². The molecule has 3 aromatic rings. The van der Waals surface area contributed by atoms with E-state index in [4.69, 9.17) is 14.6 Å². The van der Waals surface area contributed by atoms with Crippen LogP contribution < -0.4 is 20.1 Å². The molecule has 2 amide bonds. The van der Waals surface area contributed by atoms with Crippen molar-refractivity contribution in [1.82, 2.24) is 0 Å². The summed E-state index contributed by atoms with van der Waals surface area (Å²) in [6, 6.07) is 21.7. The molecule has 3 N–H and O–H groups in total. The monoisotopic (exact) mass is 478 g/mol. The summed E-state index contributed by atoms with van der Waals surface area (Å²) in [4.78, 5) is 36.8. The first-order valence-corrected chi connectivity index (χ1v) is 11.4. The number of rotatable bonds is 9. The molecule has 0 bridgehead atoms. The van der Waals surface area contributed by atoms with Gasteiger partial charge >= 0.3 is 5.97 Å². The van der Waals surface area contributed by atoms with Crippen LogP contribution in [0.1, 0.15) is 23.7 Å². The number of hydrogen-bond donors (Lipinski definition) is 3. The molecule has 174 valence electrons. The van der Waals surface area contributed by atoms with E-state index < -0.39 is 11.2 Å². The summed E-state index contributed by atoms with van der Waals surface area (Å²) < 4.78 is 10.7. The van der Waals surface area contributed by atoms with Gasteiger partial charge in [0.2, 0.25) is 18.6 Å². The van der Waals surface area contributed by atoms with Gasteiger partial charge in [-0.2, -0.15) is 0 Å². The molecule has 0 aromatic heterocycles. The number of nitrogens with one attached hydrogen (secondary N) is 2. The molecule has 34 heavy (non-hydrogen) atoms. The largest absolute Gasteiger partial charge is 0.481 e. The number of carbonyl (C=O) groups excluding carboxylic acids is 2. The van der Waals surface area contributed by atoms with Gasteiger partial charge < -0.3 is 25.2 Å². The molecule has 8 nitrogen and oxygen atoms in total. The molecule has 4 rings (SSSR count). The Morgan fingerprint density at radius 3 is 2.41 bits per heavy atom. The number of carboxylic acid groups (broad SMARTS) is 1. The fourth-order valence-electron chi connectivity index (χ4n) is 3.31. The predicted molar refractivity (Wildman–Crippen MR) is 128 cm³/mol. The number of ether oxygens (including phenoxy) is 2. The molecule has 1 heterocycles. The normalized spacial score (nSPS) is 12.6. The predicted octanol–water partition coefficient (Wildman–Crippen LogP) is 4.69. The molecule has 1 aliphatic rings. The van der Waals surface area contributed by atoms with E-state index in [1.54, 1.807) is 36.4 Å². The average Bonchev–Trinajstić information content (AvgIpc) is 3.30. The van der Waals surface area contributed by atoms with Gasteiger partial charge in [-0.25, -0.2) is 0 Å². The molecule has 9 heteroatoms. The smallest absolute Gasteiger partial charge is 0.303 e. The van der Waals surface area contributed by atoms with E-state index in [0.717, 1.165) is 10.5 Å². The Bertz CT molecular complexity index is 1200. The minimum Gasteiger partial charge on any atom is -0.481 e. The van der Waals surface area contributed by atoms with Crippen LogP contribution in [0.2, 0.25) is 0 Å². The van der Waals surface area contributed by atoms with Crippen molar-refractivity contribution in [1.29, 1.82) is 0 Å². The zero-order valence-electron chi connectivity index (χ0n) is 18.0. The molecular formula is C25H22N2O6S. The average molecular weight is 479 g/mol. The summed E-state index contributed by atoms with van der Waals surface area (Å²) in [5.41, 5.74) is 1.94. The van der Waals surface area contributed by atoms with E-state index in [9.17, 15) is 14.4 Å². The van der Waals surface area contributed by atoms with Crippen molar-refractivity contribution in [2.45, 2.75) is 23.0 Å². The summed E-state index contributed by atoms with van der Waals surface area (Å²) in [6.07, 6.45) is -0.354. The van der Waals surface area contributed by atoms with Crippen LogP contribution in [0.25, 0.3) is 0 Å². The van der Waals surface area contributed by atoms with Crippen LogP contribution in [-0.4, -0.2) is 29.7 Å². The number of carbonyl (C=O) groups is 3. The highest BCUT2D eigenvalue weighted by molar-refractivity contribution is 8.00. The number of amides is 2. The zero-order chi connectivity index (χ0) is 23.9. The van der Waals surface area contributed by atoms with Gasteiger partial charge in [0, 0.05) is 28.8 Å². The number of benzene rings is 3. The van der Waals surface area contributed by atoms with Crippen molar-refractivity contribution in [3.8, 4) is 11.5 Å². The van der Waals surface area contributed by atoms with Gasteiger partial charge in [0.05, 0.1) is 6.42 Å². The standard InChI is InChI=1S/C25H22N2O6S/c28-22(11-12-23(29)30)26-17-7-4-8-19(13-17)34-24(16-5-2-1-3-6-16)25(31)27-18-9-10-20-21(14-18)33-15-32-20/h1-10,13-14,24H,11-12,15H2,(H,26,28)(H,27,31)(H,29,30). The third kappa shape index (κ3) is 6.08. The Balaban J connectivity index is 1.50. The maximum atomic E-state index is 13.3. The van der Waals surface area contributed by atoms with Crippen LogP contribution in [0, 0.1) is 0 Å². The second-order valence-electron chi connectivity index (χ2n) is 7.44. The Kier molecular flexibility index (Phi) is 7.34. The van der Waals surface area contributed by atoms with Crippen molar-refractivity contribution in [3.05, 3.63) is 78.4 Å². The molecule has 3 aromatic carbocycles. The van der Waals surface area contributed by atoms with E-state index >= 15 is 0 Å². The minimum absolute atomic E-state index is 0.114. The molecule has 0 saturated carbocycles. The Hall–Kier alpha value is -3.98. The van der Waals surface area contributed by atoms with Gasteiger partial charge in [0.1, 0.15) is 5.25 Å². The molecule has 0 fully saturated rings. The number of carboxylic acids is 1. The van der Waals surface area contributed by atoms with E-state index in [1.165, 1.54) is 11.8 Å².